The van der Waals surface area contributed by atoms with E-state index in [-0.39, 0.29) is 24.1 Å². The first-order chi connectivity index (χ1) is 18.2. The number of rotatable bonds is 9. The summed E-state index contributed by atoms with van der Waals surface area (Å²) in [6.07, 6.45) is 5.77. The fourth-order valence-electron chi connectivity index (χ4n) is 5.04. The number of amides is 1. The van der Waals surface area contributed by atoms with Crippen molar-refractivity contribution < 1.29 is 23.8 Å². The molecule has 204 valence electrons. The second kappa shape index (κ2) is 12.5. The average molecular weight is 521 g/mol. The van der Waals surface area contributed by atoms with Crippen LogP contribution in [0.25, 0.3) is 6.08 Å². The zero-order valence-corrected chi connectivity index (χ0v) is 23.0. The van der Waals surface area contributed by atoms with Crippen molar-refractivity contribution in [3.8, 4) is 5.75 Å². The Bertz CT molecular complexity index is 1090. The molecule has 7 nitrogen and oxygen atoms in total. The molecule has 38 heavy (non-hydrogen) atoms. The van der Waals surface area contributed by atoms with Crippen molar-refractivity contribution in [2.45, 2.75) is 63.6 Å². The third-order valence-electron chi connectivity index (χ3n) is 7.07. The molecule has 7 heteroatoms. The Hall–Kier alpha value is -3.32. The van der Waals surface area contributed by atoms with Crippen LogP contribution in [0.4, 0.5) is 4.79 Å². The molecule has 1 heterocycles. The summed E-state index contributed by atoms with van der Waals surface area (Å²) in [6, 6.07) is 18.5. The van der Waals surface area contributed by atoms with Crippen molar-refractivity contribution >= 4 is 18.1 Å². The molecule has 0 bridgehead atoms. The van der Waals surface area contributed by atoms with Crippen molar-refractivity contribution in [1.29, 1.82) is 0 Å². The van der Waals surface area contributed by atoms with E-state index in [9.17, 15) is 9.59 Å². The molecule has 0 N–H and O–H groups in total. The van der Waals surface area contributed by atoms with Gasteiger partial charge in [0.25, 0.3) is 0 Å². The first kappa shape index (κ1) is 27.7. The minimum absolute atomic E-state index is 0.186. The van der Waals surface area contributed by atoms with Crippen LogP contribution in [0.2, 0.25) is 0 Å². The molecule has 2 fully saturated rings. The number of likely N-dealkylation sites (tertiary alicyclic amines) is 1. The largest absolute Gasteiger partial charge is 0.492 e. The minimum atomic E-state index is -0.514. The van der Waals surface area contributed by atoms with Crippen LogP contribution in [0.1, 0.15) is 57.1 Å². The van der Waals surface area contributed by atoms with Gasteiger partial charge in [0.05, 0.1) is 7.11 Å². The van der Waals surface area contributed by atoms with Gasteiger partial charge in [0, 0.05) is 43.7 Å². The molecule has 2 aromatic rings. The Balaban J connectivity index is 1.27. The molecule has 0 radical (unpaired) electrons. The maximum atomic E-state index is 13.3. The Morgan fingerprint density at radius 1 is 1.03 bits per heavy atom. The van der Waals surface area contributed by atoms with Crippen LogP contribution in [0, 0.1) is 0 Å². The van der Waals surface area contributed by atoms with Gasteiger partial charge in [0.15, 0.2) is 0 Å². The first-order valence-corrected chi connectivity index (χ1v) is 13.5. The molecule has 0 unspecified atom stereocenters. The summed E-state index contributed by atoms with van der Waals surface area (Å²) in [5.74, 6) is 0.806. The normalized spacial score (nSPS) is 20.2. The fourth-order valence-corrected chi connectivity index (χ4v) is 5.04. The van der Waals surface area contributed by atoms with Crippen molar-refractivity contribution in [2.24, 2.45) is 0 Å². The van der Waals surface area contributed by atoms with Gasteiger partial charge in [-0.1, -0.05) is 42.5 Å². The smallest absolute Gasteiger partial charge is 0.410 e. The molecule has 1 saturated carbocycles. The van der Waals surface area contributed by atoms with Gasteiger partial charge in [-0.15, -0.1) is 0 Å². The second-order valence-electron chi connectivity index (χ2n) is 11.1. The summed E-state index contributed by atoms with van der Waals surface area (Å²) in [6.45, 7) is 9.07. The van der Waals surface area contributed by atoms with Gasteiger partial charge in [0.1, 0.15) is 18.0 Å². The van der Waals surface area contributed by atoms with Gasteiger partial charge in [-0.2, -0.15) is 0 Å². The summed E-state index contributed by atoms with van der Waals surface area (Å²) in [5.41, 5.74) is 1.69. The second-order valence-corrected chi connectivity index (χ2v) is 11.1. The van der Waals surface area contributed by atoms with Crippen LogP contribution >= 0.6 is 0 Å². The number of ether oxygens (including phenoxy) is 3. The molecular weight excluding hydrogens is 480 g/mol. The number of piperidine rings is 1. The predicted molar refractivity (Wildman–Crippen MR) is 148 cm³/mol. The molecule has 0 spiro atoms. The molecule has 2 atom stereocenters. The van der Waals surface area contributed by atoms with E-state index in [1.54, 1.807) is 6.08 Å². The standard InChI is InChI=1S/C31H40N2O5/c1-31(2,3)38-30(35)33(28-22-27(28)24-8-6-5-7-9-24)25-16-18-32(19-17-25)20-21-37-26-13-10-23(11-14-26)12-15-29(34)36-4/h5-15,25,27-28H,16-22H2,1-4H3/b15-12+/t27-,28+/m0/s1. The van der Waals surface area contributed by atoms with E-state index in [0.717, 1.165) is 50.2 Å². The number of hydrogen-bond donors (Lipinski definition) is 0. The Labute approximate surface area is 226 Å². The van der Waals surface area contributed by atoms with Crippen LogP contribution in [0.3, 0.4) is 0 Å². The molecule has 1 aliphatic carbocycles. The van der Waals surface area contributed by atoms with Crippen LogP contribution < -0.4 is 4.74 Å². The molecule has 1 amide bonds. The van der Waals surface area contributed by atoms with Gasteiger partial charge in [-0.05, 0) is 69.4 Å². The number of methoxy groups -OCH3 is 1. The molecule has 2 aromatic carbocycles. The maximum Gasteiger partial charge on any atom is 0.410 e. The van der Waals surface area contributed by atoms with E-state index in [4.69, 9.17) is 9.47 Å². The van der Waals surface area contributed by atoms with Crippen LogP contribution in [0.5, 0.6) is 5.75 Å². The van der Waals surface area contributed by atoms with Gasteiger partial charge in [-0.25, -0.2) is 9.59 Å². The van der Waals surface area contributed by atoms with Gasteiger partial charge >= 0.3 is 12.1 Å². The highest BCUT2D eigenvalue weighted by Crippen LogP contribution is 2.46. The van der Waals surface area contributed by atoms with E-state index in [2.05, 4.69) is 33.9 Å². The highest BCUT2D eigenvalue weighted by atomic mass is 16.6. The van der Waals surface area contributed by atoms with Crippen molar-refractivity contribution in [3.63, 3.8) is 0 Å². The summed E-state index contributed by atoms with van der Waals surface area (Å²) >= 11 is 0. The van der Waals surface area contributed by atoms with Gasteiger partial charge in [-0.3, -0.25) is 4.90 Å². The van der Waals surface area contributed by atoms with E-state index < -0.39 is 5.60 Å². The Morgan fingerprint density at radius 3 is 2.34 bits per heavy atom. The third kappa shape index (κ3) is 7.84. The lowest BCUT2D eigenvalue weighted by Crippen LogP contribution is -2.50. The monoisotopic (exact) mass is 520 g/mol. The average Bonchev–Trinajstić information content (AvgIpc) is 3.69. The number of nitrogens with zero attached hydrogens (tertiary/aromatic N) is 2. The lowest BCUT2D eigenvalue weighted by Gasteiger charge is -2.39. The van der Waals surface area contributed by atoms with Crippen molar-refractivity contribution in [2.75, 3.05) is 33.4 Å². The van der Waals surface area contributed by atoms with E-state index in [1.165, 1.54) is 18.7 Å². The SMILES string of the molecule is COC(=O)/C=C/c1ccc(OCCN2CCC(N(C(=O)OC(C)(C)C)[C@@H]3C[C@H]3c3ccccc3)CC2)cc1. The Kier molecular flexibility index (Phi) is 9.10. The number of carbonyl (C=O) groups is 2. The summed E-state index contributed by atoms with van der Waals surface area (Å²) in [7, 11) is 1.36. The van der Waals surface area contributed by atoms with Crippen LogP contribution in [-0.4, -0.2) is 72.9 Å². The minimum Gasteiger partial charge on any atom is -0.492 e. The fraction of sp³-hybridized carbons (Fsp3) is 0.484. The van der Waals surface area contributed by atoms with E-state index >= 15 is 0 Å². The van der Waals surface area contributed by atoms with Crippen molar-refractivity contribution in [1.82, 2.24) is 9.80 Å². The van der Waals surface area contributed by atoms with Crippen LogP contribution in [0.15, 0.2) is 60.7 Å². The third-order valence-corrected chi connectivity index (χ3v) is 7.07. The summed E-state index contributed by atoms with van der Waals surface area (Å²) < 4.78 is 16.4. The quantitative estimate of drug-likeness (QED) is 0.321. The Morgan fingerprint density at radius 2 is 1.71 bits per heavy atom. The van der Waals surface area contributed by atoms with Gasteiger partial charge in [0.2, 0.25) is 0 Å². The topological polar surface area (TPSA) is 68.3 Å². The first-order valence-electron chi connectivity index (χ1n) is 13.5. The molecule has 2 aliphatic rings. The lowest BCUT2D eigenvalue weighted by atomic mass is 10.0. The highest BCUT2D eigenvalue weighted by molar-refractivity contribution is 5.86. The number of benzene rings is 2. The molecule has 0 aromatic heterocycles. The lowest BCUT2D eigenvalue weighted by molar-refractivity contribution is -0.134. The van der Waals surface area contributed by atoms with Crippen LogP contribution in [-0.2, 0) is 14.3 Å². The molecule has 1 aliphatic heterocycles. The number of hydrogen-bond acceptors (Lipinski definition) is 6. The summed E-state index contributed by atoms with van der Waals surface area (Å²) in [5, 5.41) is 0. The number of esters is 1. The molecular formula is C31H40N2O5. The molecule has 4 rings (SSSR count). The van der Waals surface area contributed by atoms with Crippen molar-refractivity contribution in [3.05, 3.63) is 71.8 Å². The predicted octanol–water partition coefficient (Wildman–Crippen LogP) is 5.51. The summed E-state index contributed by atoms with van der Waals surface area (Å²) in [4.78, 5) is 29.0. The molecule has 1 saturated heterocycles. The van der Waals surface area contributed by atoms with E-state index in [0.29, 0.717) is 12.5 Å². The van der Waals surface area contributed by atoms with Gasteiger partial charge < -0.3 is 19.1 Å². The zero-order chi connectivity index (χ0) is 27.1. The van der Waals surface area contributed by atoms with E-state index in [1.807, 2.05) is 56.0 Å². The maximum absolute atomic E-state index is 13.3. The highest BCUT2D eigenvalue weighted by Gasteiger charge is 2.48. The number of carbonyl (C=O) groups excluding carboxylic acids is 2. The zero-order valence-electron chi connectivity index (χ0n) is 23.0.